The number of nitriles is 1. The third-order valence-corrected chi connectivity index (χ3v) is 2.73. The zero-order valence-electron chi connectivity index (χ0n) is 11.4. The first-order chi connectivity index (χ1) is 8.57. The summed E-state index contributed by atoms with van der Waals surface area (Å²) in [6, 6.07) is 10.2. The molecule has 0 bridgehead atoms. The van der Waals surface area contributed by atoms with E-state index in [2.05, 4.69) is 6.07 Å². The standard InChI is InChI=1S/C15H21NO2/c1-15(2,12-16)8-5-9-18-14-7-4-6-13(10-14)11-17-3/h4,6-7,10H,5,8-9,11H2,1-3H3. The molecule has 0 unspecified atom stereocenters. The van der Waals surface area contributed by atoms with Crippen molar-refractivity contribution < 1.29 is 9.47 Å². The molecular weight excluding hydrogens is 226 g/mol. The van der Waals surface area contributed by atoms with E-state index in [1.54, 1.807) is 7.11 Å². The van der Waals surface area contributed by atoms with E-state index >= 15 is 0 Å². The van der Waals surface area contributed by atoms with Gasteiger partial charge in [-0.25, -0.2) is 0 Å². The maximum Gasteiger partial charge on any atom is 0.119 e. The minimum Gasteiger partial charge on any atom is -0.494 e. The summed E-state index contributed by atoms with van der Waals surface area (Å²) in [5.74, 6) is 0.860. The Labute approximate surface area is 109 Å². The predicted molar refractivity (Wildman–Crippen MR) is 71.3 cm³/mol. The van der Waals surface area contributed by atoms with Crippen LogP contribution in [-0.2, 0) is 11.3 Å². The van der Waals surface area contributed by atoms with Gasteiger partial charge in [-0.3, -0.25) is 0 Å². The van der Waals surface area contributed by atoms with Crippen LogP contribution in [0.5, 0.6) is 5.75 Å². The molecular formula is C15H21NO2. The van der Waals surface area contributed by atoms with E-state index in [1.807, 2.05) is 38.1 Å². The molecule has 18 heavy (non-hydrogen) atoms. The van der Waals surface area contributed by atoms with Crippen molar-refractivity contribution in [2.45, 2.75) is 33.3 Å². The molecule has 0 amide bonds. The second-order valence-electron chi connectivity index (χ2n) is 5.03. The summed E-state index contributed by atoms with van der Waals surface area (Å²) in [6.45, 7) is 5.14. The largest absolute Gasteiger partial charge is 0.494 e. The van der Waals surface area contributed by atoms with Gasteiger partial charge in [0.15, 0.2) is 0 Å². The highest BCUT2D eigenvalue weighted by molar-refractivity contribution is 5.28. The van der Waals surface area contributed by atoms with Crippen LogP contribution in [0, 0.1) is 16.7 Å². The Morgan fingerprint density at radius 1 is 1.33 bits per heavy atom. The number of ether oxygens (including phenoxy) is 2. The third-order valence-electron chi connectivity index (χ3n) is 2.73. The molecule has 1 rings (SSSR count). The first-order valence-corrected chi connectivity index (χ1v) is 6.19. The number of methoxy groups -OCH3 is 1. The molecule has 0 aromatic heterocycles. The predicted octanol–water partition coefficient (Wildman–Crippen LogP) is 3.54. The van der Waals surface area contributed by atoms with E-state index in [4.69, 9.17) is 14.7 Å². The monoisotopic (exact) mass is 247 g/mol. The molecule has 0 N–H and O–H groups in total. The lowest BCUT2D eigenvalue weighted by Crippen LogP contribution is -2.10. The lowest BCUT2D eigenvalue weighted by Gasteiger charge is -2.15. The average molecular weight is 247 g/mol. The summed E-state index contributed by atoms with van der Waals surface area (Å²) >= 11 is 0. The minimum atomic E-state index is -0.263. The van der Waals surface area contributed by atoms with Gasteiger partial charge >= 0.3 is 0 Å². The number of hydrogen-bond donors (Lipinski definition) is 0. The topological polar surface area (TPSA) is 42.2 Å². The summed E-state index contributed by atoms with van der Waals surface area (Å²) in [5.41, 5.74) is 0.841. The maximum absolute atomic E-state index is 8.90. The van der Waals surface area contributed by atoms with E-state index in [-0.39, 0.29) is 5.41 Å². The smallest absolute Gasteiger partial charge is 0.119 e. The Morgan fingerprint density at radius 3 is 2.78 bits per heavy atom. The van der Waals surface area contributed by atoms with Crippen LogP contribution in [0.4, 0.5) is 0 Å². The van der Waals surface area contributed by atoms with Crippen LogP contribution in [0.3, 0.4) is 0 Å². The van der Waals surface area contributed by atoms with Gasteiger partial charge in [-0.05, 0) is 44.4 Å². The third kappa shape index (κ3) is 5.20. The van der Waals surface area contributed by atoms with Gasteiger partial charge < -0.3 is 9.47 Å². The van der Waals surface area contributed by atoms with Crippen LogP contribution in [0.1, 0.15) is 32.3 Å². The van der Waals surface area contributed by atoms with Gasteiger partial charge in [0.1, 0.15) is 5.75 Å². The van der Waals surface area contributed by atoms with Crippen LogP contribution in [-0.4, -0.2) is 13.7 Å². The number of rotatable bonds is 7. The summed E-state index contributed by atoms with van der Waals surface area (Å²) in [5, 5.41) is 8.90. The first-order valence-electron chi connectivity index (χ1n) is 6.19. The maximum atomic E-state index is 8.90. The van der Waals surface area contributed by atoms with E-state index in [0.29, 0.717) is 13.2 Å². The lowest BCUT2D eigenvalue weighted by atomic mass is 9.90. The number of hydrogen-bond acceptors (Lipinski definition) is 3. The van der Waals surface area contributed by atoms with E-state index in [1.165, 1.54) is 0 Å². The normalized spacial score (nSPS) is 11.0. The molecule has 0 saturated heterocycles. The zero-order valence-corrected chi connectivity index (χ0v) is 11.4. The highest BCUT2D eigenvalue weighted by Crippen LogP contribution is 2.21. The van der Waals surface area contributed by atoms with Crippen molar-refractivity contribution in [3.05, 3.63) is 29.8 Å². The van der Waals surface area contributed by atoms with Gasteiger partial charge in [0.05, 0.1) is 24.7 Å². The highest BCUT2D eigenvalue weighted by Gasteiger charge is 2.15. The Bertz CT molecular complexity index is 407. The van der Waals surface area contributed by atoms with Gasteiger partial charge in [-0.15, -0.1) is 0 Å². The van der Waals surface area contributed by atoms with Gasteiger partial charge in [0.2, 0.25) is 0 Å². The van der Waals surface area contributed by atoms with E-state index in [9.17, 15) is 0 Å². The van der Waals surface area contributed by atoms with Crippen molar-refractivity contribution in [3.63, 3.8) is 0 Å². The van der Waals surface area contributed by atoms with Crippen molar-refractivity contribution in [1.82, 2.24) is 0 Å². The van der Waals surface area contributed by atoms with Crippen molar-refractivity contribution in [2.75, 3.05) is 13.7 Å². The molecule has 0 fully saturated rings. The van der Waals surface area contributed by atoms with Crippen molar-refractivity contribution in [2.24, 2.45) is 5.41 Å². The van der Waals surface area contributed by atoms with Gasteiger partial charge in [-0.2, -0.15) is 5.26 Å². The van der Waals surface area contributed by atoms with Gasteiger partial charge in [0, 0.05) is 7.11 Å². The molecule has 3 nitrogen and oxygen atoms in total. The van der Waals surface area contributed by atoms with Crippen molar-refractivity contribution in [1.29, 1.82) is 5.26 Å². The second kappa shape index (κ2) is 7.03. The van der Waals surface area contributed by atoms with Crippen LogP contribution in [0.25, 0.3) is 0 Å². The van der Waals surface area contributed by atoms with Gasteiger partial charge in [-0.1, -0.05) is 12.1 Å². The van der Waals surface area contributed by atoms with Crippen LogP contribution in [0.15, 0.2) is 24.3 Å². The molecule has 0 atom stereocenters. The van der Waals surface area contributed by atoms with Crippen LogP contribution in [0.2, 0.25) is 0 Å². The molecule has 1 aromatic carbocycles. The Morgan fingerprint density at radius 2 is 2.11 bits per heavy atom. The summed E-state index contributed by atoms with van der Waals surface area (Å²) in [4.78, 5) is 0. The quantitative estimate of drug-likeness (QED) is 0.692. The van der Waals surface area contributed by atoms with Crippen LogP contribution >= 0.6 is 0 Å². The molecule has 0 aliphatic heterocycles. The molecule has 0 aliphatic carbocycles. The number of nitrogens with zero attached hydrogens (tertiary/aromatic N) is 1. The summed E-state index contributed by atoms with van der Waals surface area (Å²) in [6.07, 6.45) is 1.73. The van der Waals surface area contributed by atoms with E-state index < -0.39 is 0 Å². The van der Waals surface area contributed by atoms with Crippen LogP contribution < -0.4 is 4.74 Å². The van der Waals surface area contributed by atoms with Gasteiger partial charge in [0.25, 0.3) is 0 Å². The van der Waals surface area contributed by atoms with Crippen molar-refractivity contribution >= 4 is 0 Å². The Kier molecular flexibility index (Phi) is 5.67. The first kappa shape index (κ1) is 14.5. The fraction of sp³-hybridized carbons (Fsp3) is 0.533. The fourth-order valence-corrected chi connectivity index (χ4v) is 1.65. The molecule has 0 radical (unpaired) electrons. The molecule has 1 aromatic rings. The second-order valence-corrected chi connectivity index (χ2v) is 5.03. The Balaban J connectivity index is 2.36. The average Bonchev–Trinajstić information content (AvgIpc) is 2.36. The molecule has 3 heteroatoms. The lowest BCUT2D eigenvalue weighted by molar-refractivity contribution is 0.184. The zero-order chi connectivity index (χ0) is 13.4. The minimum absolute atomic E-state index is 0.263. The SMILES string of the molecule is COCc1cccc(OCCCC(C)(C)C#N)c1. The van der Waals surface area contributed by atoms with E-state index in [0.717, 1.165) is 24.2 Å². The summed E-state index contributed by atoms with van der Waals surface area (Å²) < 4.78 is 10.7. The molecule has 0 heterocycles. The Hall–Kier alpha value is -1.53. The fourth-order valence-electron chi connectivity index (χ4n) is 1.65. The highest BCUT2D eigenvalue weighted by atomic mass is 16.5. The molecule has 98 valence electrons. The molecule has 0 aliphatic rings. The summed E-state index contributed by atoms with van der Waals surface area (Å²) in [7, 11) is 1.68. The molecule has 0 spiro atoms. The van der Waals surface area contributed by atoms with Crippen molar-refractivity contribution in [3.8, 4) is 11.8 Å². The number of benzene rings is 1. The molecule has 0 saturated carbocycles.